The molecule has 21 heavy (non-hydrogen) atoms. The summed E-state index contributed by atoms with van der Waals surface area (Å²) in [5, 5.41) is 0.286. The number of aryl methyl sites for hydroxylation is 1. The fourth-order valence-electron chi connectivity index (χ4n) is 2.12. The maximum Gasteiger partial charge on any atom is 0.168 e. The van der Waals surface area contributed by atoms with Crippen molar-refractivity contribution in [3.8, 4) is 0 Å². The highest BCUT2D eigenvalue weighted by atomic mass is 35.5. The average molecular weight is 297 g/mol. The predicted octanol–water partition coefficient (Wildman–Crippen LogP) is 4.02. The second-order valence-corrected chi connectivity index (χ2v) is 5.27. The van der Waals surface area contributed by atoms with Crippen LogP contribution in [0, 0.1) is 6.92 Å². The Hall–Kier alpha value is -2.26. The molecule has 4 heteroatoms. The number of benzene rings is 2. The number of Topliss-reactive ketones (excluding diaryl/α,β-unsaturated/α-hetero) is 1. The third kappa shape index (κ3) is 2.93. The number of nitrogens with zero attached hydrogens (tertiary/aromatic N) is 2. The number of halogens is 1. The third-order valence-corrected chi connectivity index (χ3v) is 3.60. The molecule has 0 amide bonds. The fourth-order valence-corrected chi connectivity index (χ4v) is 2.32. The number of hydrogen-bond donors (Lipinski definition) is 0. The van der Waals surface area contributed by atoms with Gasteiger partial charge in [-0.15, -0.1) is 0 Å². The molecule has 0 saturated carbocycles. The van der Waals surface area contributed by atoms with Crippen LogP contribution in [0.1, 0.15) is 21.6 Å². The van der Waals surface area contributed by atoms with E-state index in [1.807, 2.05) is 55.5 Å². The SMILES string of the molecule is Cc1ccc(C(=O)Cc2nc3ccccc3nc2Cl)cc1. The maximum atomic E-state index is 12.3. The molecule has 2 aromatic carbocycles. The number of carbonyl (C=O) groups excluding carboxylic acids is 1. The topological polar surface area (TPSA) is 42.9 Å². The Labute approximate surface area is 127 Å². The summed E-state index contributed by atoms with van der Waals surface area (Å²) in [4.78, 5) is 21.0. The molecule has 0 saturated heterocycles. The van der Waals surface area contributed by atoms with Gasteiger partial charge in [0.15, 0.2) is 10.9 Å². The summed E-state index contributed by atoms with van der Waals surface area (Å²) in [6, 6.07) is 14.9. The van der Waals surface area contributed by atoms with E-state index in [0.29, 0.717) is 11.3 Å². The van der Waals surface area contributed by atoms with Gasteiger partial charge < -0.3 is 0 Å². The summed E-state index contributed by atoms with van der Waals surface area (Å²) in [5.74, 6) is -0.0125. The number of carbonyl (C=O) groups is 1. The molecular formula is C17H13ClN2O. The van der Waals surface area contributed by atoms with Gasteiger partial charge in [0.2, 0.25) is 0 Å². The van der Waals surface area contributed by atoms with Crippen molar-refractivity contribution >= 4 is 28.4 Å². The predicted molar refractivity (Wildman–Crippen MR) is 83.8 cm³/mol. The second-order valence-electron chi connectivity index (χ2n) is 4.92. The van der Waals surface area contributed by atoms with Crippen LogP contribution >= 0.6 is 11.6 Å². The molecule has 3 rings (SSSR count). The van der Waals surface area contributed by atoms with Gasteiger partial charge in [-0.3, -0.25) is 4.79 Å². The molecule has 104 valence electrons. The first-order valence-electron chi connectivity index (χ1n) is 6.64. The van der Waals surface area contributed by atoms with Gasteiger partial charge in [0.25, 0.3) is 0 Å². The lowest BCUT2D eigenvalue weighted by molar-refractivity contribution is 0.0992. The summed E-state index contributed by atoms with van der Waals surface area (Å²) in [5.41, 5.74) is 3.77. The Bertz CT molecular complexity index is 813. The number of para-hydroxylation sites is 2. The van der Waals surface area contributed by atoms with E-state index >= 15 is 0 Å². The Morgan fingerprint density at radius 2 is 1.62 bits per heavy atom. The maximum absolute atomic E-state index is 12.3. The monoisotopic (exact) mass is 296 g/mol. The lowest BCUT2D eigenvalue weighted by Gasteiger charge is -2.05. The Morgan fingerprint density at radius 3 is 2.29 bits per heavy atom. The first-order chi connectivity index (χ1) is 10.1. The van der Waals surface area contributed by atoms with Gasteiger partial charge in [-0.2, -0.15) is 0 Å². The molecule has 0 aliphatic rings. The van der Waals surface area contributed by atoms with Crippen LogP contribution in [0.4, 0.5) is 0 Å². The van der Waals surface area contributed by atoms with Crippen molar-refractivity contribution in [2.45, 2.75) is 13.3 Å². The standard InChI is InChI=1S/C17H13ClN2O/c1-11-6-8-12(9-7-11)16(21)10-15-17(18)20-14-5-3-2-4-13(14)19-15/h2-9H,10H2,1H3. The van der Waals surface area contributed by atoms with Gasteiger partial charge in [-0.1, -0.05) is 53.6 Å². The van der Waals surface area contributed by atoms with Gasteiger partial charge in [-0.25, -0.2) is 9.97 Å². The van der Waals surface area contributed by atoms with E-state index in [1.54, 1.807) is 0 Å². The van der Waals surface area contributed by atoms with Crippen LogP contribution < -0.4 is 0 Å². The van der Waals surface area contributed by atoms with Crippen molar-refractivity contribution < 1.29 is 4.79 Å². The van der Waals surface area contributed by atoms with E-state index in [0.717, 1.165) is 16.6 Å². The molecule has 0 spiro atoms. The van der Waals surface area contributed by atoms with Crippen molar-refractivity contribution in [3.63, 3.8) is 0 Å². The average Bonchev–Trinajstić information content (AvgIpc) is 2.48. The molecule has 0 N–H and O–H groups in total. The van der Waals surface area contributed by atoms with Crippen LogP contribution in [0.5, 0.6) is 0 Å². The van der Waals surface area contributed by atoms with Crippen molar-refractivity contribution in [2.75, 3.05) is 0 Å². The zero-order valence-corrected chi connectivity index (χ0v) is 12.3. The summed E-state index contributed by atoms with van der Waals surface area (Å²) >= 11 is 6.13. The molecule has 3 aromatic rings. The molecule has 0 aliphatic heterocycles. The number of rotatable bonds is 3. The van der Waals surface area contributed by atoms with Gasteiger partial charge in [0, 0.05) is 5.56 Å². The van der Waals surface area contributed by atoms with Crippen molar-refractivity contribution in [3.05, 3.63) is 70.5 Å². The molecule has 0 aliphatic carbocycles. The minimum absolute atomic E-state index is 0.0125. The van der Waals surface area contributed by atoms with Gasteiger partial charge in [-0.05, 0) is 19.1 Å². The number of ketones is 1. The van der Waals surface area contributed by atoms with Crippen LogP contribution in [0.25, 0.3) is 11.0 Å². The van der Waals surface area contributed by atoms with Crippen molar-refractivity contribution in [1.29, 1.82) is 0 Å². The van der Waals surface area contributed by atoms with Crippen LogP contribution in [-0.4, -0.2) is 15.8 Å². The molecule has 0 radical (unpaired) electrons. The lowest BCUT2D eigenvalue weighted by Crippen LogP contribution is -2.07. The summed E-state index contributed by atoms with van der Waals surface area (Å²) < 4.78 is 0. The number of aromatic nitrogens is 2. The normalized spacial score (nSPS) is 10.8. The van der Waals surface area contributed by atoms with Crippen molar-refractivity contribution in [1.82, 2.24) is 9.97 Å². The molecular weight excluding hydrogens is 284 g/mol. The van der Waals surface area contributed by atoms with E-state index in [4.69, 9.17) is 11.6 Å². The van der Waals surface area contributed by atoms with E-state index in [2.05, 4.69) is 9.97 Å². The van der Waals surface area contributed by atoms with E-state index in [9.17, 15) is 4.79 Å². The van der Waals surface area contributed by atoms with Gasteiger partial charge >= 0.3 is 0 Å². The van der Waals surface area contributed by atoms with E-state index in [-0.39, 0.29) is 17.4 Å². The van der Waals surface area contributed by atoms with Crippen LogP contribution in [0.15, 0.2) is 48.5 Å². The minimum atomic E-state index is -0.0125. The molecule has 0 fully saturated rings. The zero-order chi connectivity index (χ0) is 14.8. The molecule has 0 atom stereocenters. The Morgan fingerprint density at radius 1 is 1.00 bits per heavy atom. The van der Waals surface area contributed by atoms with Gasteiger partial charge in [0.1, 0.15) is 0 Å². The first kappa shape index (κ1) is 13.7. The quantitative estimate of drug-likeness (QED) is 0.686. The minimum Gasteiger partial charge on any atom is -0.294 e. The van der Waals surface area contributed by atoms with E-state index < -0.39 is 0 Å². The van der Waals surface area contributed by atoms with Crippen LogP contribution in [0.2, 0.25) is 5.15 Å². The lowest BCUT2D eigenvalue weighted by atomic mass is 10.1. The zero-order valence-electron chi connectivity index (χ0n) is 11.5. The molecule has 0 unspecified atom stereocenters. The van der Waals surface area contributed by atoms with Crippen molar-refractivity contribution in [2.24, 2.45) is 0 Å². The highest BCUT2D eigenvalue weighted by molar-refractivity contribution is 6.30. The second kappa shape index (κ2) is 5.62. The largest absolute Gasteiger partial charge is 0.294 e. The Kier molecular flexibility index (Phi) is 3.67. The summed E-state index contributed by atoms with van der Waals surface area (Å²) in [6.07, 6.45) is 0.153. The smallest absolute Gasteiger partial charge is 0.168 e. The van der Waals surface area contributed by atoms with Gasteiger partial charge in [0.05, 0.1) is 23.1 Å². The van der Waals surface area contributed by atoms with Crippen LogP contribution in [-0.2, 0) is 6.42 Å². The number of hydrogen-bond acceptors (Lipinski definition) is 3. The molecule has 3 nitrogen and oxygen atoms in total. The van der Waals surface area contributed by atoms with Crippen LogP contribution in [0.3, 0.4) is 0 Å². The fraction of sp³-hybridized carbons (Fsp3) is 0.118. The summed E-state index contributed by atoms with van der Waals surface area (Å²) in [7, 11) is 0. The third-order valence-electron chi connectivity index (χ3n) is 3.30. The molecule has 1 heterocycles. The van der Waals surface area contributed by atoms with E-state index in [1.165, 1.54) is 0 Å². The Balaban J connectivity index is 1.92. The first-order valence-corrected chi connectivity index (χ1v) is 7.02. The molecule has 0 bridgehead atoms. The highest BCUT2D eigenvalue weighted by Crippen LogP contribution is 2.18. The highest BCUT2D eigenvalue weighted by Gasteiger charge is 2.13. The summed E-state index contributed by atoms with van der Waals surface area (Å²) in [6.45, 7) is 1.99. The number of fused-ring (bicyclic) bond motifs is 1. The molecule has 1 aromatic heterocycles.